The van der Waals surface area contributed by atoms with Gasteiger partial charge in [-0.2, -0.15) is 0 Å². The minimum absolute atomic E-state index is 0.0209. The number of benzene rings is 2. The van der Waals surface area contributed by atoms with Gasteiger partial charge in [0, 0.05) is 42.8 Å². The number of terminal acetylenes is 1. The van der Waals surface area contributed by atoms with Crippen molar-refractivity contribution in [2.24, 2.45) is 17.7 Å². The first kappa shape index (κ1) is 21.3. The van der Waals surface area contributed by atoms with Gasteiger partial charge in [-0.25, -0.2) is 15.8 Å². The number of hydrogen-bond acceptors (Lipinski definition) is 7. The number of hydrogen-bond donors (Lipinski definition) is 2. The molecule has 1 amide bonds. The second-order valence-corrected chi connectivity index (χ2v) is 8.98. The molecule has 2 aliphatic heterocycles. The zero-order valence-electron chi connectivity index (χ0n) is 18.6. The minimum Gasteiger partial charge on any atom is -0.325 e. The van der Waals surface area contributed by atoms with E-state index in [0.29, 0.717) is 35.6 Å². The lowest BCUT2D eigenvalue weighted by Gasteiger charge is -2.20. The van der Waals surface area contributed by atoms with Crippen molar-refractivity contribution in [2.45, 2.75) is 0 Å². The Labute approximate surface area is 193 Å². The molecule has 3 N–H and O–H groups in total. The van der Waals surface area contributed by atoms with Gasteiger partial charge in [-0.1, -0.05) is 12.0 Å². The number of nitrogens with one attached hydrogen (secondary N) is 1. The van der Waals surface area contributed by atoms with Crippen molar-refractivity contribution in [3.63, 3.8) is 0 Å². The van der Waals surface area contributed by atoms with Gasteiger partial charge in [-0.15, -0.1) is 6.42 Å². The van der Waals surface area contributed by atoms with E-state index in [1.54, 1.807) is 0 Å². The molecule has 2 unspecified atom stereocenters. The van der Waals surface area contributed by atoms with Crippen LogP contribution >= 0.6 is 0 Å². The third kappa shape index (κ3) is 4.39. The van der Waals surface area contributed by atoms with Gasteiger partial charge < -0.3 is 10.2 Å². The van der Waals surface area contributed by atoms with E-state index >= 15 is 0 Å². The Bertz CT molecular complexity index is 1220. The van der Waals surface area contributed by atoms with Gasteiger partial charge in [0.1, 0.15) is 6.33 Å². The summed E-state index contributed by atoms with van der Waals surface area (Å²) in [5.74, 6) is 10.9. The van der Waals surface area contributed by atoms with Crippen LogP contribution in [0.25, 0.3) is 10.9 Å². The standard InChI is InChI=1S/C25H27N7O/c1-3-17-5-4-6-21(9-17)32(26)25-22-10-20(7-8-23(22)27-16-28-25)29-24(33)15-31-13-18-11-30(2)12-19(18)14-31/h1,4-10,16,18-19H,11-15,26H2,2H3,(H,29,33). The molecular weight excluding hydrogens is 414 g/mol. The molecule has 0 saturated carbocycles. The van der Waals surface area contributed by atoms with Crippen LogP contribution in [0.2, 0.25) is 0 Å². The largest absolute Gasteiger partial charge is 0.325 e. The van der Waals surface area contributed by atoms with Crippen LogP contribution in [-0.2, 0) is 4.79 Å². The average Bonchev–Trinajstić information content (AvgIpc) is 3.34. The molecule has 2 aromatic carbocycles. The number of hydrazine groups is 1. The van der Waals surface area contributed by atoms with E-state index in [1.807, 2.05) is 42.5 Å². The number of nitrogens with two attached hydrogens (primary N) is 1. The Hall–Kier alpha value is -3.51. The molecule has 5 rings (SSSR count). The lowest BCUT2D eigenvalue weighted by molar-refractivity contribution is -0.117. The van der Waals surface area contributed by atoms with Crippen LogP contribution in [-0.4, -0.2) is 65.4 Å². The van der Waals surface area contributed by atoms with Crippen molar-refractivity contribution in [3.8, 4) is 12.3 Å². The number of nitrogens with zero attached hydrogens (tertiary/aromatic N) is 5. The average molecular weight is 442 g/mol. The SMILES string of the molecule is C#Cc1cccc(N(N)c2ncnc3ccc(NC(=O)CN4CC5CN(C)CC5C4)cc23)c1. The molecule has 2 atom stereocenters. The fourth-order valence-electron chi connectivity index (χ4n) is 5.04. The van der Waals surface area contributed by atoms with Gasteiger partial charge in [-0.3, -0.25) is 14.7 Å². The Kier molecular flexibility index (Phi) is 5.68. The highest BCUT2D eigenvalue weighted by atomic mass is 16.2. The minimum atomic E-state index is -0.0209. The Morgan fingerprint density at radius 1 is 1.18 bits per heavy atom. The van der Waals surface area contributed by atoms with E-state index < -0.39 is 0 Å². The van der Waals surface area contributed by atoms with E-state index in [-0.39, 0.29) is 5.91 Å². The molecule has 3 heterocycles. The van der Waals surface area contributed by atoms with Crippen molar-refractivity contribution in [1.29, 1.82) is 0 Å². The molecular formula is C25H27N7O. The van der Waals surface area contributed by atoms with E-state index in [1.165, 1.54) is 11.3 Å². The summed E-state index contributed by atoms with van der Waals surface area (Å²) in [5, 5.41) is 5.25. The second kappa shape index (κ2) is 8.79. The fourth-order valence-corrected chi connectivity index (χ4v) is 5.04. The van der Waals surface area contributed by atoms with Crippen LogP contribution in [0.5, 0.6) is 0 Å². The van der Waals surface area contributed by atoms with Gasteiger partial charge in [0.25, 0.3) is 0 Å². The predicted octanol–water partition coefficient (Wildman–Crippen LogP) is 2.05. The third-order valence-corrected chi connectivity index (χ3v) is 6.53. The maximum absolute atomic E-state index is 12.8. The van der Waals surface area contributed by atoms with Crippen molar-refractivity contribution >= 4 is 34.0 Å². The monoisotopic (exact) mass is 441 g/mol. The van der Waals surface area contributed by atoms with Crippen molar-refractivity contribution in [2.75, 3.05) is 50.1 Å². The van der Waals surface area contributed by atoms with E-state index in [2.05, 4.69) is 38.1 Å². The van der Waals surface area contributed by atoms with Crippen LogP contribution in [0, 0.1) is 24.2 Å². The van der Waals surface area contributed by atoms with Crippen LogP contribution in [0.4, 0.5) is 17.2 Å². The van der Waals surface area contributed by atoms with Gasteiger partial charge in [0.2, 0.25) is 5.91 Å². The summed E-state index contributed by atoms with van der Waals surface area (Å²) in [5.41, 5.74) is 2.86. The molecule has 8 nitrogen and oxygen atoms in total. The number of carbonyl (C=O) groups excluding carboxylic acids is 1. The maximum atomic E-state index is 12.8. The molecule has 2 saturated heterocycles. The summed E-state index contributed by atoms with van der Waals surface area (Å²) in [7, 11) is 2.17. The highest BCUT2D eigenvalue weighted by Gasteiger charge is 2.38. The maximum Gasteiger partial charge on any atom is 0.238 e. The van der Waals surface area contributed by atoms with Gasteiger partial charge in [-0.05, 0) is 55.3 Å². The number of rotatable bonds is 5. The summed E-state index contributed by atoms with van der Waals surface area (Å²) in [6.07, 6.45) is 7.00. The molecule has 1 aromatic heterocycles. The zero-order valence-corrected chi connectivity index (χ0v) is 18.6. The van der Waals surface area contributed by atoms with E-state index in [9.17, 15) is 4.79 Å². The topological polar surface area (TPSA) is 90.6 Å². The number of carbonyl (C=O) groups is 1. The normalized spacial score (nSPS) is 20.5. The molecule has 2 aliphatic rings. The first-order valence-electron chi connectivity index (χ1n) is 11.1. The summed E-state index contributed by atoms with van der Waals surface area (Å²) in [4.78, 5) is 26.1. The fraction of sp³-hybridized carbons (Fsp3) is 0.320. The van der Waals surface area contributed by atoms with Crippen LogP contribution in [0.1, 0.15) is 5.56 Å². The number of fused-ring (bicyclic) bond motifs is 2. The molecule has 0 radical (unpaired) electrons. The van der Waals surface area contributed by atoms with Gasteiger partial charge in [0.15, 0.2) is 5.82 Å². The third-order valence-electron chi connectivity index (χ3n) is 6.53. The molecule has 8 heteroatoms. The molecule has 0 aliphatic carbocycles. The number of likely N-dealkylation sites (tertiary alicyclic amines) is 2. The van der Waals surface area contributed by atoms with Crippen LogP contribution < -0.4 is 16.2 Å². The van der Waals surface area contributed by atoms with E-state index in [4.69, 9.17) is 12.3 Å². The lowest BCUT2D eigenvalue weighted by Crippen LogP contribution is -2.34. The van der Waals surface area contributed by atoms with Crippen molar-refractivity contribution in [3.05, 3.63) is 54.4 Å². The smallest absolute Gasteiger partial charge is 0.238 e. The molecule has 3 aromatic rings. The number of amides is 1. The first-order chi connectivity index (χ1) is 16.0. The zero-order chi connectivity index (χ0) is 22.9. The quantitative estimate of drug-likeness (QED) is 0.356. The Balaban J connectivity index is 1.33. The Morgan fingerprint density at radius 2 is 1.97 bits per heavy atom. The van der Waals surface area contributed by atoms with Crippen LogP contribution in [0.15, 0.2) is 48.8 Å². The summed E-state index contributed by atoms with van der Waals surface area (Å²) in [6.45, 7) is 4.61. The summed E-state index contributed by atoms with van der Waals surface area (Å²) in [6, 6.07) is 13.0. The summed E-state index contributed by atoms with van der Waals surface area (Å²) < 4.78 is 0. The second-order valence-electron chi connectivity index (χ2n) is 8.98. The van der Waals surface area contributed by atoms with Gasteiger partial charge in [0.05, 0.1) is 17.7 Å². The lowest BCUT2D eigenvalue weighted by atomic mass is 10.0. The van der Waals surface area contributed by atoms with Gasteiger partial charge >= 0.3 is 0 Å². The highest BCUT2D eigenvalue weighted by Crippen LogP contribution is 2.31. The Morgan fingerprint density at radius 3 is 2.73 bits per heavy atom. The summed E-state index contributed by atoms with van der Waals surface area (Å²) >= 11 is 0. The van der Waals surface area contributed by atoms with Crippen molar-refractivity contribution in [1.82, 2.24) is 19.8 Å². The van der Waals surface area contributed by atoms with Crippen LogP contribution in [0.3, 0.4) is 0 Å². The number of anilines is 3. The van der Waals surface area contributed by atoms with Crippen molar-refractivity contribution < 1.29 is 4.79 Å². The molecule has 168 valence electrons. The predicted molar refractivity (Wildman–Crippen MR) is 130 cm³/mol. The molecule has 0 bridgehead atoms. The number of aromatic nitrogens is 2. The van der Waals surface area contributed by atoms with E-state index in [0.717, 1.165) is 42.6 Å². The highest BCUT2D eigenvalue weighted by molar-refractivity contribution is 5.98. The first-order valence-corrected chi connectivity index (χ1v) is 11.1. The molecule has 0 spiro atoms. The molecule has 33 heavy (non-hydrogen) atoms. The molecule has 2 fully saturated rings.